The van der Waals surface area contributed by atoms with Crippen molar-refractivity contribution in [3.8, 4) is 0 Å². The Hall–Kier alpha value is -1.26. The number of hydrogen-bond donors (Lipinski definition) is 0. The Morgan fingerprint density at radius 3 is 2.30 bits per heavy atom. The number of carbonyl (C=O) groups is 2. The number of rotatable bonds is 5. The Morgan fingerprint density at radius 2 is 1.80 bits per heavy atom. The molecule has 1 rings (SSSR count). The second-order valence-corrected chi connectivity index (χ2v) is 6.17. The smallest absolute Gasteiger partial charge is 0.410 e. The molecule has 0 atom stereocenters. The molecule has 0 N–H and O–H groups in total. The third-order valence-electron chi connectivity index (χ3n) is 3.26. The maximum atomic E-state index is 12.3. The van der Waals surface area contributed by atoms with Crippen LogP contribution >= 0.6 is 0 Å². The first-order chi connectivity index (χ1) is 9.33. The molecule has 5 nitrogen and oxygen atoms in total. The lowest BCUT2D eigenvalue weighted by atomic mass is 10.2. The van der Waals surface area contributed by atoms with Crippen molar-refractivity contribution < 1.29 is 19.1 Å². The van der Waals surface area contributed by atoms with Crippen molar-refractivity contribution in [1.82, 2.24) is 4.90 Å². The number of carbonyl (C=O) groups excluding carboxylic acids is 2. The first kappa shape index (κ1) is 16.8. The molecule has 1 fully saturated rings. The lowest BCUT2D eigenvalue weighted by Gasteiger charge is -2.31. The summed E-state index contributed by atoms with van der Waals surface area (Å²) in [6.07, 6.45) is 4.13. The fraction of sp³-hybridized carbons (Fsp3) is 0.867. The molecule has 0 heterocycles. The van der Waals surface area contributed by atoms with Gasteiger partial charge in [-0.05, 0) is 40.5 Å². The Kier molecular flexibility index (Phi) is 6.30. The van der Waals surface area contributed by atoms with Gasteiger partial charge in [-0.3, -0.25) is 4.79 Å². The molecule has 1 aliphatic rings. The van der Waals surface area contributed by atoms with Crippen molar-refractivity contribution in [3.05, 3.63) is 0 Å². The maximum absolute atomic E-state index is 12.3. The monoisotopic (exact) mass is 285 g/mol. The summed E-state index contributed by atoms with van der Waals surface area (Å²) in [6.45, 7) is 8.07. The molecule has 0 spiro atoms. The summed E-state index contributed by atoms with van der Waals surface area (Å²) in [6, 6.07) is 0.194. The largest absolute Gasteiger partial charge is 0.466 e. The zero-order valence-corrected chi connectivity index (χ0v) is 13.1. The first-order valence-corrected chi connectivity index (χ1v) is 7.48. The Morgan fingerprint density at radius 1 is 1.20 bits per heavy atom. The highest BCUT2D eigenvalue weighted by molar-refractivity contribution is 5.72. The SMILES string of the molecule is CCOC(=O)CCN(C(=O)OC(C)(C)C)C1CCCC1. The van der Waals surface area contributed by atoms with Gasteiger partial charge >= 0.3 is 12.1 Å². The molecule has 0 saturated heterocycles. The molecule has 0 unspecified atom stereocenters. The quantitative estimate of drug-likeness (QED) is 0.728. The molecule has 1 saturated carbocycles. The lowest BCUT2D eigenvalue weighted by Crippen LogP contribution is -2.43. The summed E-state index contributed by atoms with van der Waals surface area (Å²) in [5.74, 6) is -0.265. The highest BCUT2D eigenvalue weighted by Gasteiger charge is 2.30. The Labute approximate surface area is 121 Å². The van der Waals surface area contributed by atoms with Crippen LogP contribution in [-0.2, 0) is 14.3 Å². The predicted molar refractivity (Wildman–Crippen MR) is 76.4 cm³/mol. The van der Waals surface area contributed by atoms with E-state index >= 15 is 0 Å². The molecule has 0 bridgehead atoms. The molecule has 0 aromatic rings. The topological polar surface area (TPSA) is 55.8 Å². The van der Waals surface area contributed by atoms with Gasteiger partial charge in [-0.1, -0.05) is 12.8 Å². The summed E-state index contributed by atoms with van der Waals surface area (Å²) in [4.78, 5) is 25.4. The summed E-state index contributed by atoms with van der Waals surface area (Å²) in [7, 11) is 0. The fourth-order valence-corrected chi connectivity index (χ4v) is 2.40. The summed E-state index contributed by atoms with van der Waals surface area (Å²) in [5.41, 5.74) is -0.516. The predicted octanol–water partition coefficient (Wildman–Crippen LogP) is 3.12. The van der Waals surface area contributed by atoms with Crippen molar-refractivity contribution in [2.45, 2.75) is 71.4 Å². The normalized spacial score (nSPS) is 16.0. The standard InChI is InChI=1S/C15H27NO4/c1-5-19-13(17)10-11-16(12-8-6-7-9-12)14(18)20-15(2,3)4/h12H,5-11H2,1-4H3. The Bertz CT molecular complexity index is 329. The number of amides is 1. The number of hydrogen-bond acceptors (Lipinski definition) is 4. The van der Waals surface area contributed by atoms with Crippen LogP contribution in [0.5, 0.6) is 0 Å². The average Bonchev–Trinajstić information content (AvgIpc) is 2.80. The third kappa shape index (κ3) is 5.80. The molecule has 0 aromatic heterocycles. The van der Waals surface area contributed by atoms with Crippen molar-refractivity contribution in [1.29, 1.82) is 0 Å². The van der Waals surface area contributed by atoms with Crippen LogP contribution in [0.1, 0.15) is 59.8 Å². The summed E-state index contributed by atoms with van der Waals surface area (Å²) in [5, 5.41) is 0. The van der Waals surface area contributed by atoms with E-state index in [2.05, 4.69) is 0 Å². The van der Waals surface area contributed by atoms with Gasteiger partial charge in [-0.25, -0.2) is 4.79 Å². The van der Waals surface area contributed by atoms with E-state index in [0.717, 1.165) is 25.7 Å². The zero-order valence-electron chi connectivity index (χ0n) is 13.1. The van der Waals surface area contributed by atoms with Crippen LogP contribution in [0.25, 0.3) is 0 Å². The van der Waals surface area contributed by atoms with E-state index in [1.165, 1.54) is 0 Å². The first-order valence-electron chi connectivity index (χ1n) is 7.48. The maximum Gasteiger partial charge on any atom is 0.410 e. The molecular weight excluding hydrogens is 258 g/mol. The molecule has 5 heteroatoms. The minimum absolute atomic E-state index is 0.194. The highest BCUT2D eigenvalue weighted by atomic mass is 16.6. The molecule has 1 amide bonds. The van der Waals surface area contributed by atoms with Crippen LogP contribution in [0.3, 0.4) is 0 Å². The van der Waals surface area contributed by atoms with Gasteiger partial charge in [-0.2, -0.15) is 0 Å². The van der Waals surface area contributed by atoms with Crippen molar-refractivity contribution in [2.24, 2.45) is 0 Å². The van der Waals surface area contributed by atoms with E-state index in [9.17, 15) is 9.59 Å². The van der Waals surface area contributed by atoms with E-state index < -0.39 is 5.60 Å². The molecule has 0 radical (unpaired) electrons. The molecule has 1 aliphatic carbocycles. The van der Waals surface area contributed by atoms with Crippen LogP contribution < -0.4 is 0 Å². The van der Waals surface area contributed by atoms with Gasteiger partial charge in [0, 0.05) is 12.6 Å². The van der Waals surface area contributed by atoms with E-state index in [1.807, 2.05) is 20.8 Å². The average molecular weight is 285 g/mol. The van der Waals surface area contributed by atoms with Gasteiger partial charge in [0.1, 0.15) is 5.60 Å². The molecule has 20 heavy (non-hydrogen) atoms. The van der Waals surface area contributed by atoms with E-state index in [-0.39, 0.29) is 24.5 Å². The number of esters is 1. The third-order valence-corrected chi connectivity index (χ3v) is 3.26. The lowest BCUT2D eigenvalue weighted by molar-refractivity contribution is -0.143. The van der Waals surface area contributed by atoms with Gasteiger partial charge < -0.3 is 14.4 Å². The van der Waals surface area contributed by atoms with Gasteiger partial charge in [0.15, 0.2) is 0 Å². The van der Waals surface area contributed by atoms with Crippen LogP contribution in [0.15, 0.2) is 0 Å². The second-order valence-electron chi connectivity index (χ2n) is 6.17. The zero-order chi connectivity index (χ0) is 15.2. The minimum Gasteiger partial charge on any atom is -0.466 e. The molecular formula is C15H27NO4. The number of nitrogens with zero attached hydrogens (tertiary/aromatic N) is 1. The molecule has 0 aromatic carbocycles. The van der Waals surface area contributed by atoms with E-state index in [4.69, 9.17) is 9.47 Å². The van der Waals surface area contributed by atoms with Gasteiger partial charge in [0.25, 0.3) is 0 Å². The van der Waals surface area contributed by atoms with Gasteiger partial charge in [-0.15, -0.1) is 0 Å². The molecule has 0 aliphatic heterocycles. The molecule has 116 valence electrons. The minimum atomic E-state index is -0.516. The van der Waals surface area contributed by atoms with Crippen LogP contribution in [0, 0.1) is 0 Å². The van der Waals surface area contributed by atoms with Crippen LogP contribution in [-0.4, -0.2) is 41.8 Å². The van der Waals surface area contributed by atoms with E-state index in [1.54, 1.807) is 11.8 Å². The van der Waals surface area contributed by atoms with Crippen molar-refractivity contribution >= 4 is 12.1 Å². The number of ether oxygens (including phenoxy) is 2. The fourth-order valence-electron chi connectivity index (χ4n) is 2.40. The van der Waals surface area contributed by atoms with Crippen molar-refractivity contribution in [2.75, 3.05) is 13.2 Å². The van der Waals surface area contributed by atoms with Gasteiger partial charge in [0.2, 0.25) is 0 Å². The summed E-state index contributed by atoms with van der Waals surface area (Å²) >= 11 is 0. The highest BCUT2D eigenvalue weighted by Crippen LogP contribution is 2.25. The van der Waals surface area contributed by atoms with Crippen molar-refractivity contribution in [3.63, 3.8) is 0 Å². The summed E-state index contributed by atoms with van der Waals surface area (Å²) < 4.78 is 10.4. The second kappa shape index (κ2) is 7.50. The van der Waals surface area contributed by atoms with E-state index in [0.29, 0.717) is 13.2 Å². The van der Waals surface area contributed by atoms with Gasteiger partial charge in [0.05, 0.1) is 13.0 Å². The van der Waals surface area contributed by atoms with Crippen LogP contribution in [0.2, 0.25) is 0 Å². The Balaban J connectivity index is 2.60. The van der Waals surface area contributed by atoms with Crippen LogP contribution in [0.4, 0.5) is 4.79 Å².